The van der Waals surface area contributed by atoms with Crippen LogP contribution in [-0.4, -0.2) is 57.4 Å². The summed E-state index contributed by atoms with van der Waals surface area (Å²) < 4.78 is 0. The van der Waals surface area contributed by atoms with Gasteiger partial charge in [-0.25, -0.2) is 0 Å². The lowest BCUT2D eigenvalue weighted by Gasteiger charge is -2.30. The molecule has 0 aromatic carbocycles. The van der Waals surface area contributed by atoms with Crippen LogP contribution in [0.3, 0.4) is 0 Å². The normalized spacial score (nSPS) is 32.5. The van der Waals surface area contributed by atoms with Crippen LogP contribution in [-0.2, 0) is 14.4 Å². The number of carbonyl (C=O) groups excluding carboxylic acids is 2. The zero-order valence-corrected chi connectivity index (χ0v) is 11.5. The fraction of sp³-hybridized carbons (Fsp3) is 0.786. The van der Waals surface area contributed by atoms with Crippen molar-refractivity contribution in [1.29, 1.82) is 0 Å². The topological polar surface area (TPSA) is 77.9 Å². The first-order valence-electron chi connectivity index (χ1n) is 7.44. The highest BCUT2D eigenvalue weighted by atomic mass is 16.4. The number of nitrogens with zero attached hydrogens (tertiary/aromatic N) is 2. The quantitative estimate of drug-likeness (QED) is 0.766. The van der Waals surface area contributed by atoms with E-state index < -0.39 is 18.1 Å². The maximum absolute atomic E-state index is 12.4. The first-order chi connectivity index (χ1) is 9.59. The molecule has 2 heterocycles. The van der Waals surface area contributed by atoms with Crippen LogP contribution in [0.4, 0.5) is 0 Å². The van der Waals surface area contributed by atoms with Gasteiger partial charge in [-0.2, -0.15) is 0 Å². The number of aliphatic carboxylic acids is 1. The van der Waals surface area contributed by atoms with E-state index in [4.69, 9.17) is 0 Å². The van der Waals surface area contributed by atoms with Gasteiger partial charge in [-0.05, 0) is 32.2 Å². The summed E-state index contributed by atoms with van der Waals surface area (Å²) in [6.45, 7) is 0.596. The molecule has 2 aliphatic heterocycles. The van der Waals surface area contributed by atoms with E-state index >= 15 is 0 Å². The lowest BCUT2D eigenvalue weighted by atomic mass is 10.1. The first-order valence-corrected chi connectivity index (χ1v) is 7.44. The van der Waals surface area contributed by atoms with E-state index in [1.165, 1.54) is 4.90 Å². The summed E-state index contributed by atoms with van der Waals surface area (Å²) in [4.78, 5) is 39.0. The molecule has 3 fully saturated rings. The van der Waals surface area contributed by atoms with Gasteiger partial charge < -0.3 is 5.11 Å². The summed E-state index contributed by atoms with van der Waals surface area (Å²) in [6.07, 6.45) is 5.26. The van der Waals surface area contributed by atoms with Crippen LogP contribution in [0.25, 0.3) is 0 Å². The highest BCUT2D eigenvalue weighted by Crippen LogP contribution is 2.34. The van der Waals surface area contributed by atoms with E-state index in [0.29, 0.717) is 13.0 Å². The standard InChI is InChI=1S/C14H20N2O4/c17-12-8-11(13(18)16(12)9-5-6-9)15-7-3-1-2-4-10(15)14(19)20/h9-11H,1-8H2,(H,19,20). The minimum atomic E-state index is -0.878. The molecule has 1 aliphatic carbocycles. The van der Waals surface area contributed by atoms with Gasteiger partial charge in [0.1, 0.15) is 6.04 Å². The van der Waals surface area contributed by atoms with E-state index in [1.807, 2.05) is 0 Å². The molecule has 3 rings (SSSR count). The fourth-order valence-electron chi connectivity index (χ4n) is 3.38. The van der Waals surface area contributed by atoms with Gasteiger partial charge in [-0.15, -0.1) is 0 Å². The molecule has 20 heavy (non-hydrogen) atoms. The van der Waals surface area contributed by atoms with E-state index in [0.717, 1.165) is 32.1 Å². The molecule has 3 aliphatic rings. The molecule has 110 valence electrons. The first kappa shape index (κ1) is 13.5. The minimum absolute atomic E-state index is 0.0789. The van der Waals surface area contributed by atoms with E-state index in [2.05, 4.69) is 0 Å². The number of likely N-dealkylation sites (tertiary alicyclic amines) is 2. The molecule has 2 amide bonds. The number of hydrogen-bond donors (Lipinski definition) is 1. The van der Waals surface area contributed by atoms with Gasteiger partial charge in [0, 0.05) is 6.04 Å². The van der Waals surface area contributed by atoms with Crippen molar-refractivity contribution in [3.63, 3.8) is 0 Å². The van der Waals surface area contributed by atoms with Crippen molar-refractivity contribution < 1.29 is 19.5 Å². The second-order valence-electron chi connectivity index (χ2n) is 5.99. The summed E-state index contributed by atoms with van der Waals surface area (Å²) in [6, 6.07) is -1.10. The van der Waals surface area contributed by atoms with Crippen molar-refractivity contribution in [1.82, 2.24) is 9.80 Å². The third kappa shape index (κ3) is 2.32. The number of amides is 2. The van der Waals surface area contributed by atoms with Crippen molar-refractivity contribution >= 4 is 17.8 Å². The molecule has 6 heteroatoms. The number of imide groups is 1. The maximum Gasteiger partial charge on any atom is 0.320 e. The van der Waals surface area contributed by atoms with Crippen LogP contribution in [0, 0.1) is 0 Å². The Morgan fingerprint density at radius 1 is 1.10 bits per heavy atom. The van der Waals surface area contributed by atoms with Gasteiger partial charge in [0.25, 0.3) is 0 Å². The number of rotatable bonds is 3. The summed E-state index contributed by atoms with van der Waals surface area (Å²) in [5.41, 5.74) is 0. The minimum Gasteiger partial charge on any atom is -0.480 e. The Morgan fingerprint density at radius 3 is 2.50 bits per heavy atom. The summed E-state index contributed by atoms with van der Waals surface area (Å²) in [7, 11) is 0. The van der Waals surface area contributed by atoms with E-state index in [1.54, 1.807) is 4.90 Å². The third-order valence-electron chi connectivity index (χ3n) is 4.55. The van der Waals surface area contributed by atoms with Crippen molar-refractivity contribution in [3.05, 3.63) is 0 Å². The lowest BCUT2D eigenvalue weighted by Crippen LogP contribution is -2.50. The molecule has 2 unspecified atom stereocenters. The summed E-state index contributed by atoms with van der Waals surface area (Å²) in [5.74, 6) is -1.18. The molecular formula is C14H20N2O4. The molecule has 1 saturated carbocycles. The van der Waals surface area contributed by atoms with Crippen LogP contribution in [0.2, 0.25) is 0 Å². The van der Waals surface area contributed by atoms with Gasteiger partial charge in [0.15, 0.2) is 0 Å². The van der Waals surface area contributed by atoms with Gasteiger partial charge in [-0.1, -0.05) is 12.8 Å². The molecule has 0 radical (unpaired) electrons. The second kappa shape index (κ2) is 5.16. The monoisotopic (exact) mass is 280 g/mol. The van der Waals surface area contributed by atoms with Crippen LogP contribution >= 0.6 is 0 Å². The molecule has 0 aromatic heterocycles. The Bertz CT molecular complexity index is 446. The van der Waals surface area contributed by atoms with Crippen molar-refractivity contribution in [2.45, 2.75) is 63.1 Å². The molecule has 0 spiro atoms. The highest BCUT2D eigenvalue weighted by Gasteiger charge is 2.49. The lowest BCUT2D eigenvalue weighted by molar-refractivity contribution is -0.146. The van der Waals surface area contributed by atoms with Gasteiger partial charge in [0.2, 0.25) is 11.8 Å². The van der Waals surface area contributed by atoms with E-state index in [9.17, 15) is 19.5 Å². The number of hydrogen-bond acceptors (Lipinski definition) is 4. The third-order valence-corrected chi connectivity index (χ3v) is 4.55. The highest BCUT2D eigenvalue weighted by molar-refractivity contribution is 6.06. The number of carboxylic acid groups (broad SMARTS) is 1. The average Bonchev–Trinajstić information content (AvgIpc) is 3.19. The zero-order valence-electron chi connectivity index (χ0n) is 11.5. The van der Waals surface area contributed by atoms with Crippen LogP contribution in [0.15, 0.2) is 0 Å². The van der Waals surface area contributed by atoms with Gasteiger partial charge in [-0.3, -0.25) is 24.2 Å². The zero-order chi connectivity index (χ0) is 14.3. The van der Waals surface area contributed by atoms with Crippen LogP contribution in [0.5, 0.6) is 0 Å². The van der Waals surface area contributed by atoms with Crippen LogP contribution < -0.4 is 0 Å². The maximum atomic E-state index is 12.4. The number of carboxylic acids is 1. The summed E-state index contributed by atoms with van der Waals surface area (Å²) in [5, 5.41) is 9.38. The Balaban J connectivity index is 1.80. The SMILES string of the molecule is O=C(O)C1CCCCCN1C1CC(=O)N(C2CC2)C1=O. The average molecular weight is 280 g/mol. The van der Waals surface area contributed by atoms with Gasteiger partial charge >= 0.3 is 5.97 Å². The molecule has 0 bridgehead atoms. The smallest absolute Gasteiger partial charge is 0.320 e. The van der Waals surface area contributed by atoms with Gasteiger partial charge in [0.05, 0.1) is 12.5 Å². The molecule has 2 atom stereocenters. The fourth-order valence-corrected chi connectivity index (χ4v) is 3.38. The Labute approximate surface area is 117 Å². The molecule has 2 saturated heterocycles. The summed E-state index contributed by atoms with van der Waals surface area (Å²) >= 11 is 0. The number of carbonyl (C=O) groups is 3. The second-order valence-corrected chi connectivity index (χ2v) is 5.99. The Hall–Kier alpha value is -1.43. The predicted molar refractivity (Wildman–Crippen MR) is 69.9 cm³/mol. The molecule has 0 aromatic rings. The predicted octanol–water partition coefficient (Wildman–Crippen LogP) is 0.605. The van der Waals surface area contributed by atoms with E-state index in [-0.39, 0.29) is 24.3 Å². The molecule has 1 N–H and O–H groups in total. The Morgan fingerprint density at radius 2 is 1.85 bits per heavy atom. The van der Waals surface area contributed by atoms with Crippen molar-refractivity contribution in [2.75, 3.05) is 6.54 Å². The largest absolute Gasteiger partial charge is 0.480 e. The van der Waals surface area contributed by atoms with Crippen molar-refractivity contribution in [3.8, 4) is 0 Å². The molecular weight excluding hydrogens is 260 g/mol. The molecule has 6 nitrogen and oxygen atoms in total. The van der Waals surface area contributed by atoms with Crippen molar-refractivity contribution in [2.24, 2.45) is 0 Å². The Kier molecular flexibility index (Phi) is 3.50. The van der Waals surface area contributed by atoms with Crippen LogP contribution in [0.1, 0.15) is 44.9 Å².